The first kappa shape index (κ1) is 22.6. The standard InChI is InChI=1S/C23H25ClN2O5S/c1-14-18(24)8-5-9-19(14)25-32(29,30)21-12-15(10-11-20(21)31-2)13-26-22(27)16-6-3-4-7-17(16)23(26)28/h5,8-12,16-17,25H,3-4,6-7,13H2,1-2H3/t16-,17+. The molecule has 2 atom stereocenters. The second kappa shape index (κ2) is 8.75. The Morgan fingerprint density at radius 1 is 1.09 bits per heavy atom. The molecule has 2 aromatic carbocycles. The van der Waals surface area contributed by atoms with Crippen LogP contribution in [0.5, 0.6) is 5.75 Å². The number of carbonyl (C=O) groups is 2. The summed E-state index contributed by atoms with van der Waals surface area (Å²) in [7, 11) is -2.64. The number of halogens is 1. The van der Waals surface area contributed by atoms with Gasteiger partial charge in [-0.25, -0.2) is 8.42 Å². The van der Waals surface area contributed by atoms with Crippen LogP contribution in [0.3, 0.4) is 0 Å². The molecule has 1 saturated heterocycles. The minimum absolute atomic E-state index is 0.0351. The molecule has 2 aliphatic rings. The number of imide groups is 1. The van der Waals surface area contributed by atoms with E-state index in [2.05, 4.69) is 4.72 Å². The summed E-state index contributed by atoms with van der Waals surface area (Å²) in [6.07, 6.45) is 3.37. The van der Waals surface area contributed by atoms with Gasteiger partial charge >= 0.3 is 0 Å². The molecular formula is C23H25ClN2O5S. The molecule has 0 unspecified atom stereocenters. The van der Waals surface area contributed by atoms with Gasteiger partial charge in [-0.05, 0) is 55.2 Å². The molecule has 1 aliphatic carbocycles. The zero-order valence-electron chi connectivity index (χ0n) is 17.9. The number of anilines is 1. The van der Waals surface area contributed by atoms with Gasteiger partial charge in [0.25, 0.3) is 10.0 Å². The van der Waals surface area contributed by atoms with Gasteiger partial charge in [0.05, 0.1) is 31.2 Å². The number of fused-ring (bicyclic) bond motifs is 1. The summed E-state index contributed by atoms with van der Waals surface area (Å²) in [5.74, 6) is -0.649. The van der Waals surface area contributed by atoms with E-state index in [4.69, 9.17) is 16.3 Å². The molecule has 2 fully saturated rings. The van der Waals surface area contributed by atoms with Crippen molar-refractivity contribution in [1.82, 2.24) is 4.90 Å². The number of methoxy groups -OCH3 is 1. The van der Waals surface area contributed by atoms with Crippen molar-refractivity contribution in [3.8, 4) is 5.75 Å². The fourth-order valence-corrected chi connectivity index (χ4v) is 6.03. The molecule has 2 aromatic rings. The highest BCUT2D eigenvalue weighted by atomic mass is 35.5. The van der Waals surface area contributed by atoms with Crippen LogP contribution in [0.15, 0.2) is 41.3 Å². The van der Waals surface area contributed by atoms with Gasteiger partial charge in [-0.15, -0.1) is 0 Å². The van der Waals surface area contributed by atoms with Crippen LogP contribution in [-0.4, -0.2) is 32.2 Å². The second-order valence-corrected chi connectivity index (χ2v) is 10.3. The third-order valence-corrected chi connectivity index (χ3v) is 8.10. The summed E-state index contributed by atoms with van der Waals surface area (Å²) < 4.78 is 34.2. The van der Waals surface area contributed by atoms with Crippen molar-refractivity contribution in [1.29, 1.82) is 0 Å². The van der Waals surface area contributed by atoms with E-state index in [1.807, 2.05) is 0 Å². The van der Waals surface area contributed by atoms with Crippen LogP contribution in [0.1, 0.15) is 36.8 Å². The summed E-state index contributed by atoms with van der Waals surface area (Å²) in [5.41, 5.74) is 1.50. The van der Waals surface area contributed by atoms with Gasteiger partial charge in [-0.1, -0.05) is 36.6 Å². The molecule has 4 rings (SSSR count). The third kappa shape index (κ3) is 4.09. The number of ether oxygens (including phenoxy) is 1. The molecule has 1 aliphatic heterocycles. The van der Waals surface area contributed by atoms with E-state index < -0.39 is 10.0 Å². The normalized spacial score (nSPS) is 20.9. The number of nitrogens with zero attached hydrogens (tertiary/aromatic N) is 1. The summed E-state index contributed by atoms with van der Waals surface area (Å²) >= 11 is 6.12. The van der Waals surface area contributed by atoms with Crippen LogP contribution in [0.25, 0.3) is 0 Å². The first-order valence-electron chi connectivity index (χ1n) is 10.5. The third-order valence-electron chi connectivity index (χ3n) is 6.30. The molecule has 0 radical (unpaired) electrons. The van der Waals surface area contributed by atoms with Crippen LogP contribution < -0.4 is 9.46 Å². The maximum atomic E-state index is 13.2. The number of benzene rings is 2. The fourth-order valence-electron chi connectivity index (χ4n) is 4.52. The topological polar surface area (TPSA) is 92.8 Å². The quantitative estimate of drug-likeness (QED) is 0.632. The molecule has 1 heterocycles. The molecule has 7 nitrogen and oxygen atoms in total. The first-order chi connectivity index (χ1) is 15.2. The Morgan fingerprint density at radius 2 is 1.75 bits per heavy atom. The number of rotatable bonds is 6. The van der Waals surface area contributed by atoms with Crippen molar-refractivity contribution in [2.45, 2.75) is 44.0 Å². The lowest BCUT2D eigenvalue weighted by atomic mass is 9.81. The highest BCUT2D eigenvalue weighted by molar-refractivity contribution is 7.92. The monoisotopic (exact) mass is 476 g/mol. The molecule has 0 spiro atoms. The maximum Gasteiger partial charge on any atom is 0.265 e. The Labute approximate surface area is 192 Å². The van der Waals surface area contributed by atoms with Gasteiger partial charge in [0.1, 0.15) is 10.6 Å². The van der Waals surface area contributed by atoms with Crippen LogP contribution in [0.4, 0.5) is 5.69 Å². The van der Waals surface area contributed by atoms with E-state index in [1.165, 1.54) is 24.1 Å². The van der Waals surface area contributed by atoms with Gasteiger partial charge in [0.15, 0.2) is 0 Å². The average molecular weight is 477 g/mol. The summed E-state index contributed by atoms with van der Waals surface area (Å²) in [6.45, 7) is 1.76. The molecule has 9 heteroatoms. The van der Waals surface area contributed by atoms with Crippen molar-refractivity contribution >= 4 is 39.1 Å². The average Bonchev–Trinajstić information content (AvgIpc) is 3.02. The van der Waals surface area contributed by atoms with Crippen molar-refractivity contribution in [2.24, 2.45) is 11.8 Å². The molecule has 0 aromatic heterocycles. The van der Waals surface area contributed by atoms with Crippen LogP contribution >= 0.6 is 11.6 Å². The zero-order valence-corrected chi connectivity index (χ0v) is 19.5. The lowest BCUT2D eigenvalue weighted by Gasteiger charge is -2.19. The van der Waals surface area contributed by atoms with Gasteiger partial charge in [0, 0.05) is 5.02 Å². The minimum Gasteiger partial charge on any atom is -0.495 e. The smallest absolute Gasteiger partial charge is 0.265 e. The van der Waals surface area contributed by atoms with E-state index in [0.29, 0.717) is 21.8 Å². The Kier molecular flexibility index (Phi) is 6.18. The number of amides is 2. The Hall–Kier alpha value is -2.58. The lowest BCUT2D eigenvalue weighted by molar-refractivity contribution is -0.140. The number of carbonyl (C=O) groups excluding carboxylic acids is 2. The Morgan fingerprint density at radius 3 is 2.38 bits per heavy atom. The van der Waals surface area contributed by atoms with Crippen molar-refractivity contribution in [2.75, 3.05) is 11.8 Å². The van der Waals surface area contributed by atoms with Crippen molar-refractivity contribution in [3.63, 3.8) is 0 Å². The Balaban J connectivity index is 1.63. The van der Waals surface area contributed by atoms with E-state index in [-0.39, 0.29) is 40.8 Å². The molecular weight excluding hydrogens is 452 g/mol. The zero-order chi connectivity index (χ0) is 23.0. The minimum atomic E-state index is -4.02. The van der Waals surface area contributed by atoms with Gasteiger partial charge < -0.3 is 4.74 Å². The summed E-state index contributed by atoms with van der Waals surface area (Å²) in [6, 6.07) is 9.61. The Bertz CT molecular complexity index is 1160. The van der Waals surface area contributed by atoms with Crippen LogP contribution in [0, 0.1) is 18.8 Å². The van der Waals surface area contributed by atoms with E-state index in [1.54, 1.807) is 31.2 Å². The molecule has 0 bridgehead atoms. The van der Waals surface area contributed by atoms with Crippen molar-refractivity contribution in [3.05, 3.63) is 52.5 Å². The summed E-state index contributed by atoms with van der Waals surface area (Å²) in [4.78, 5) is 26.8. The van der Waals surface area contributed by atoms with Crippen LogP contribution in [0.2, 0.25) is 5.02 Å². The van der Waals surface area contributed by atoms with E-state index >= 15 is 0 Å². The fraction of sp³-hybridized carbons (Fsp3) is 0.391. The molecule has 1 N–H and O–H groups in total. The van der Waals surface area contributed by atoms with Crippen molar-refractivity contribution < 1.29 is 22.7 Å². The predicted octanol–water partition coefficient (Wildman–Crippen LogP) is 4.13. The second-order valence-electron chi connectivity index (χ2n) is 8.26. The number of sulfonamides is 1. The molecule has 170 valence electrons. The van der Waals surface area contributed by atoms with Crippen LogP contribution in [-0.2, 0) is 26.2 Å². The number of hydrogen-bond acceptors (Lipinski definition) is 5. The SMILES string of the molecule is COc1ccc(CN2C(=O)[C@H]3CCCC[C@H]3C2=O)cc1S(=O)(=O)Nc1cccc(Cl)c1C. The van der Waals surface area contributed by atoms with Gasteiger partial charge in [0.2, 0.25) is 11.8 Å². The number of nitrogens with one attached hydrogen (secondary N) is 1. The first-order valence-corrected chi connectivity index (χ1v) is 12.4. The number of likely N-dealkylation sites (tertiary alicyclic amines) is 1. The largest absolute Gasteiger partial charge is 0.495 e. The molecule has 1 saturated carbocycles. The highest BCUT2D eigenvalue weighted by Gasteiger charge is 2.47. The predicted molar refractivity (Wildman–Crippen MR) is 121 cm³/mol. The number of hydrogen-bond donors (Lipinski definition) is 1. The maximum absolute atomic E-state index is 13.2. The lowest BCUT2D eigenvalue weighted by Crippen LogP contribution is -2.30. The van der Waals surface area contributed by atoms with E-state index in [9.17, 15) is 18.0 Å². The van der Waals surface area contributed by atoms with Gasteiger partial charge in [-0.2, -0.15) is 0 Å². The molecule has 2 amide bonds. The summed E-state index contributed by atoms with van der Waals surface area (Å²) in [5, 5.41) is 0.443. The highest BCUT2D eigenvalue weighted by Crippen LogP contribution is 2.39. The van der Waals surface area contributed by atoms with Gasteiger partial charge in [-0.3, -0.25) is 19.2 Å². The molecule has 32 heavy (non-hydrogen) atoms. The van der Waals surface area contributed by atoms with E-state index in [0.717, 1.165) is 25.7 Å².